The Morgan fingerprint density at radius 2 is 1.57 bits per heavy atom. The maximum absolute atomic E-state index is 13.1. The van der Waals surface area contributed by atoms with Crippen molar-refractivity contribution in [2.75, 3.05) is 6.54 Å². The van der Waals surface area contributed by atoms with E-state index in [0.29, 0.717) is 25.8 Å². The van der Waals surface area contributed by atoms with Gasteiger partial charge in [-0.3, -0.25) is 19.2 Å². The standard InChI is InChI=1S/C24H39N5O6/c1-4-14(2)20(29-21(31)18(26)13-16-8-10-17(30)11-9-16)23(33)28-19(7-5-6-12-25)22(32)27-15(3)24(34)35/h8-11,14-15,18-20,30H,4-7,12-13,25-26H2,1-3H3,(H,27,32)(H,28,33)(H,29,31)(H,34,35). The molecule has 11 heteroatoms. The Balaban J connectivity index is 2.92. The van der Waals surface area contributed by atoms with Crippen molar-refractivity contribution in [2.45, 2.75) is 77.0 Å². The van der Waals surface area contributed by atoms with Crippen molar-refractivity contribution in [1.82, 2.24) is 16.0 Å². The lowest BCUT2D eigenvalue weighted by Gasteiger charge is -2.28. The Morgan fingerprint density at radius 1 is 0.943 bits per heavy atom. The van der Waals surface area contributed by atoms with E-state index < -0.39 is 47.9 Å². The van der Waals surface area contributed by atoms with Gasteiger partial charge in [0.2, 0.25) is 17.7 Å². The molecule has 1 rings (SSSR count). The summed E-state index contributed by atoms with van der Waals surface area (Å²) in [5.41, 5.74) is 12.3. The molecule has 0 saturated heterocycles. The van der Waals surface area contributed by atoms with Crippen LogP contribution in [0, 0.1) is 5.92 Å². The zero-order valence-electron chi connectivity index (χ0n) is 20.6. The van der Waals surface area contributed by atoms with Crippen molar-refractivity contribution in [3.63, 3.8) is 0 Å². The van der Waals surface area contributed by atoms with E-state index in [4.69, 9.17) is 16.6 Å². The molecule has 0 aliphatic carbocycles. The van der Waals surface area contributed by atoms with E-state index >= 15 is 0 Å². The zero-order valence-corrected chi connectivity index (χ0v) is 20.6. The molecule has 3 amide bonds. The van der Waals surface area contributed by atoms with E-state index in [9.17, 15) is 24.3 Å². The van der Waals surface area contributed by atoms with Crippen LogP contribution in [0.2, 0.25) is 0 Å². The molecule has 0 fully saturated rings. The SMILES string of the molecule is CCC(C)C(NC(=O)C(N)Cc1ccc(O)cc1)C(=O)NC(CCCCN)C(=O)NC(C)C(=O)O. The first kappa shape index (κ1) is 29.9. The van der Waals surface area contributed by atoms with Gasteiger partial charge in [0.15, 0.2) is 0 Å². The molecule has 5 unspecified atom stereocenters. The summed E-state index contributed by atoms with van der Waals surface area (Å²) in [6, 6.07) is 2.32. The molecule has 0 spiro atoms. The predicted octanol–water partition coefficient (Wildman–Crippen LogP) is -0.00400. The van der Waals surface area contributed by atoms with Crippen LogP contribution in [-0.4, -0.2) is 64.6 Å². The summed E-state index contributed by atoms with van der Waals surface area (Å²) in [7, 11) is 0. The number of phenolic OH excluding ortho intramolecular Hbond substituents is 1. The van der Waals surface area contributed by atoms with Gasteiger partial charge >= 0.3 is 5.97 Å². The van der Waals surface area contributed by atoms with E-state index in [1.165, 1.54) is 19.1 Å². The number of nitrogens with two attached hydrogens (primary N) is 2. The zero-order chi connectivity index (χ0) is 26.5. The topological polar surface area (TPSA) is 197 Å². The van der Waals surface area contributed by atoms with Crippen LogP contribution >= 0.6 is 0 Å². The van der Waals surface area contributed by atoms with Crippen LogP contribution in [0.4, 0.5) is 0 Å². The monoisotopic (exact) mass is 493 g/mol. The van der Waals surface area contributed by atoms with Crippen LogP contribution in [0.5, 0.6) is 5.75 Å². The smallest absolute Gasteiger partial charge is 0.325 e. The third kappa shape index (κ3) is 10.3. The summed E-state index contributed by atoms with van der Waals surface area (Å²) in [6.07, 6.45) is 2.23. The third-order valence-corrected chi connectivity index (χ3v) is 5.83. The number of carboxylic acids is 1. The van der Waals surface area contributed by atoms with Crippen molar-refractivity contribution in [3.8, 4) is 5.75 Å². The van der Waals surface area contributed by atoms with E-state index in [2.05, 4.69) is 16.0 Å². The molecule has 11 nitrogen and oxygen atoms in total. The van der Waals surface area contributed by atoms with Gasteiger partial charge in [-0.1, -0.05) is 32.4 Å². The highest BCUT2D eigenvalue weighted by Crippen LogP contribution is 2.13. The molecular formula is C24H39N5O6. The van der Waals surface area contributed by atoms with Crippen LogP contribution in [0.3, 0.4) is 0 Å². The summed E-state index contributed by atoms with van der Waals surface area (Å²) in [6.45, 7) is 5.41. The average molecular weight is 494 g/mol. The highest BCUT2D eigenvalue weighted by molar-refractivity contribution is 5.94. The van der Waals surface area contributed by atoms with Crippen LogP contribution in [-0.2, 0) is 25.6 Å². The quantitative estimate of drug-likeness (QED) is 0.166. The maximum atomic E-state index is 13.1. The molecule has 0 saturated carbocycles. The Kier molecular flexibility index (Phi) is 12.7. The first-order valence-corrected chi connectivity index (χ1v) is 11.9. The van der Waals surface area contributed by atoms with Crippen LogP contribution < -0.4 is 27.4 Å². The number of hydrogen-bond donors (Lipinski definition) is 7. The fourth-order valence-electron chi connectivity index (χ4n) is 3.34. The molecule has 35 heavy (non-hydrogen) atoms. The fourth-order valence-corrected chi connectivity index (χ4v) is 3.34. The predicted molar refractivity (Wildman–Crippen MR) is 131 cm³/mol. The molecule has 1 aromatic rings. The highest BCUT2D eigenvalue weighted by atomic mass is 16.4. The summed E-state index contributed by atoms with van der Waals surface area (Å²) >= 11 is 0. The van der Waals surface area contributed by atoms with Gasteiger partial charge in [0.1, 0.15) is 23.9 Å². The highest BCUT2D eigenvalue weighted by Gasteiger charge is 2.31. The number of rotatable bonds is 15. The van der Waals surface area contributed by atoms with Crippen LogP contribution in [0.15, 0.2) is 24.3 Å². The molecule has 0 aliphatic heterocycles. The minimum atomic E-state index is -1.20. The summed E-state index contributed by atoms with van der Waals surface area (Å²) in [5, 5.41) is 26.2. The number of unbranched alkanes of at least 4 members (excludes halogenated alkanes) is 1. The third-order valence-electron chi connectivity index (χ3n) is 5.83. The van der Waals surface area contributed by atoms with E-state index in [0.717, 1.165) is 5.56 Å². The minimum Gasteiger partial charge on any atom is -0.508 e. The van der Waals surface area contributed by atoms with E-state index in [1.807, 2.05) is 6.92 Å². The van der Waals surface area contributed by atoms with Gasteiger partial charge in [0.05, 0.1) is 6.04 Å². The van der Waals surface area contributed by atoms with Gasteiger partial charge in [-0.2, -0.15) is 0 Å². The van der Waals surface area contributed by atoms with E-state index in [1.54, 1.807) is 19.1 Å². The largest absolute Gasteiger partial charge is 0.508 e. The number of aromatic hydroxyl groups is 1. The summed E-state index contributed by atoms with van der Waals surface area (Å²) in [5.74, 6) is -3.06. The summed E-state index contributed by atoms with van der Waals surface area (Å²) < 4.78 is 0. The number of amides is 3. The number of carbonyl (C=O) groups is 4. The number of aliphatic carboxylic acids is 1. The molecule has 196 valence electrons. The second kappa shape index (κ2) is 14.9. The molecule has 1 aromatic carbocycles. The number of carbonyl (C=O) groups excluding carboxylic acids is 3. The normalized spacial score (nSPS) is 15.2. The lowest BCUT2D eigenvalue weighted by atomic mass is 9.96. The number of benzene rings is 1. The first-order chi connectivity index (χ1) is 16.5. The average Bonchev–Trinajstić information content (AvgIpc) is 2.82. The molecule has 0 aromatic heterocycles. The molecule has 0 aliphatic rings. The Hall–Kier alpha value is -3.18. The lowest BCUT2D eigenvalue weighted by Crippen LogP contribution is -2.58. The minimum absolute atomic E-state index is 0.100. The van der Waals surface area contributed by atoms with Crippen LogP contribution in [0.1, 0.15) is 52.0 Å². The van der Waals surface area contributed by atoms with Gasteiger partial charge in [-0.15, -0.1) is 0 Å². The molecule has 0 bridgehead atoms. The van der Waals surface area contributed by atoms with Crippen molar-refractivity contribution in [1.29, 1.82) is 0 Å². The van der Waals surface area contributed by atoms with Gasteiger partial charge in [0, 0.05) is 0 Å². The number of carboxylic acid groups (broad SMARTS) is 1. The second-order valence-electron chi connectivity index (χ2n) is 8.76. The van der Waals surface area contributed by atoms with Crippen molar-refractivity contribution < 1.29 is 29.4 Å². The number of hydrogen-bond acceptors (Lipinski definition) is 7. The number of phenols is 1. The lowest BCUT2D eigenvalue weighted by molar-refractivity contribution is -0.142. The van der Waals surface area contributed by atoms with E-state index in [-0.39, 0.29) is 24.5 Å². The van der Waals surface area contributed by atoms with Gasteiger partial charge in [0.25, 0.3) is 0 Å². The van der Waals surface area contributed by atoms with Crippen molar-refractivity contribution in [3.05, 3.63) is 29.8 Å². The molecular weight excluding hydrogens is 454 g/mol. The maximum Gasteiger partial charge on any atom is 0.325 e. The van der Waals surface area contributed by atoms with Gasteiger partial charge in [-0.25, -0.2) is 0 Å². The molecule has 0 radical (unpaired) electrons. The van der Waals surface area contributed by atoms with Gasteiger partial charge < -0.3 is 37.6 Å². The molecule has 0 heterocycles. The summed E-state index contributed by atoms with van der Waals surface area (Å²) in [4.78, 5) is 49.7. The first-order valence-electron chi connectivity index (χ1n) is 11.9. The Labute approximate surface area is 206 Å². The van der Waals surface area contributed by atoms with Gasteiger partial charge in [-0.05, 0) is 62.8 Å². The van der Waals surface area contributed by atoms with Crippen LogP contribution in [0.25, 0.3) is 0 Å². The molecule has 5 atom stereocenters. The number of nitrogens with one attached hydrogen (secondary N) is 3. The Morgan fingerprint density at radius 3 is 2.11 bits per heavy atom. The second-order valence-corrected chi connectivity index (χ2v) is 8.76. The van der Waals surface area contributed by atoms with Crippen molar-refractivity contribution in [2.24, 2.45) is 17.4 Å². The Bertz CT molecular complexity index is 847. The fraction of sp³-hybridized carbons (Fsp3) is 0.583. The molecule has 9 N–H and O–H groups in total. The van der Waals surface area contributed by atoms with Crippen molar-refractivity contribution >= 4 is 23.7 Å².